The molecule has 0 saturated carbocycles. The van der Waals surface area contributed by atoms with E-state index in [1.165, 1.54) is 17.2 Å². The van der Waals surface area contributed by atoms with Gasteiger partial charge in [0.25, 0.3) is 5.56 Å². The fraction of sp³-hybridized carbons (Fsp3) is 0.286. The summed E-state index contributed by atoms with van der Waals surface area (Å²) in [7, 11) is 0. The molecule has 1 aromatic heterocycles. The van der Waals surface area contributed by atoms with Gasteiger partial charge in [-0.25, -0.2) is 4.79 Å². The number of nitrogens with zero attached hydrogens (tertiary/aromatic N) is 1. The van der Waals surface area contributed by atoms with Crippen LogP contribution in [0.1, 0.15) is 16.8 Å². The Bertz CT molecular complexity index is 674. The number of hydrogen-bond donors (Lipinski definition) is 2. The maximum absolute atomic E-state index is 11.3. The van der Waals surface area contributed by atoms with Crippen LogP contribution in [0.25, 0.3) is 0 Å². The van der Waals surface area contributed by atoms with Gasteiger partial charge in [0, 0.05) is 31.4 Å². The van der Waals surface area contributed by atoms with Gasteiger partial charge in [-0.2, -0.15) is 0 Å². The van der Waals surface area contributed by atoms with Crippen molar-refractivity contribution in [2.24, 2.45) is 0 Å². The Morgan fingerprint density at radius 2 is 1.89 bits per heavy atom. The average molecular weight is 257 g/mol. The molecule has 19 heavy (non-hydrogen) atoms. The van der Waals surface area contributed by atoms with Gasteiger partial charge < -0.3 is 4.98 Å². The summed E-state index contributed by atoms with van der Waals surface area (Å²) < 4.78 is 0. The molecule has 2 heterocycles. The molecule has 1 aliphatic rings. The molecule has 1 aliphatic heterocycles. The van der Waals surface area contributed by atoms with Crippen LogP contribution in [0.2, 0.25) is 0 Å². The van der Waals surface area contributed by atoms with Gasteiger partial charge in [0.05, 0.1) is 0 Å². The van der Waals surface area contributed by atoms with Gasteiger partial charge in [0.1, 0.15) is 0 Å². The topological polar surface area (TPSA) is 69.0 Å². The molecule has 5 heteroatoms. The van der Waals surface area contributed by atoms with Crippen molar-refractivity contribution in [3.8, 4) is 0 Å². The summed E-state index contributed by atoms with van der Waals surface area (Å²) >= 11 is 0. The van der Waals surface area contributed by atoms with Crippen molar-refractivity contribution in [1.29, 1.82) is 0 Å². The number of hydrogen-bond acceptors (Lipinski definition) is 3. The molecule has 0 unspecified atom stereocenters. The third-order valence-corrected chi connectivity index (χ3v) is 3.42. The van der Waals surface area contributed by atoms with E-state index in [4.69, 9.17) is 0 Å². The monoisotopic (exact) mass is 257 g/mol. The molecule has 0 aliphatic carbocycles. The Labute approximate surface area is 109 Å². The normalized spacial score (nSPS) is 15.2. The van der Waals surface area contributed by atoms with E-state index < -0.39 is 5.69 Å². The standard InChI is InChI=1S/C14H15N3O2/c18-13-7-12(15-14(19)16-13)9-17-6-5-10-3-1-2-4-11(10)8-17/h1-4,7H,5-6,8-9H2,(H2,15,16,18,19). The molecular formula is C14H15N3O2. The van der Waals surface area contributed by atoms with Crippen LogP contribution in [-0.4, -0.2) is 21.4 Å². The third kappa shape index (κ3) is 2.66. The van der Waals surface area contributed by atoms with E-state index in [0.717, 1.165) is 19.5 Å². The number of aromatic nitrogens is 2. The van der Waals surface area contributed by atoms with Crippen LogP contribution in [0.15, 0.2) is 39.9 Å². The first-order valence-corrected chi connectivity index (χ1v) is 6.32. The third-order valence-electron chi connectivity index (χ3n) is 3.42. The summed E-state index contributed by atoms with van der Waals surface area (Å²) in [6, 6.07) is 9.83. The lowest BCUT2D eigenvalue weighted by atomic mass is 10.00. The van der Waals surface area contributed by atoms with Gasteiger partial charge >= 0.3 is 5.69 Å². The number of nitrogens with one attached hydrogen (secondary N) is 2. The summed E-state index contributed by atoms with van der Waals surface area (Å²) in [5.74, 6) is 0. The zero-order valence-electron chi connectivity index (χ0n) is 10.5. The molecule has 2 aromatic rings. The minimum Gasteiger partial charge on any atom is -0.310 e. The molecule has 3 rings (SSSR count). The van der Waals surface area contributed by atoms with Gasteiger partial charge in [-0.1, -0.05) is 24.3 Å². The molecular weight excluding hydrogens is 242 g/mol. The van der Waals surface area contributed by atoms with Gasteiger partial charge in [0.15, 0.2) is 0 Å². The van der Waals surface area contributed by atoms with E-state index in [9.17, 15) is 9.59 Å². The number of rotatable bonds is 2. The van der Waals surface area contributed by atoms with Crippen molar-refractivity contribution in [2.75, 3.05) is 6.54 Å². The number of H-pyrrole nitrogens is 2. The lowest BCUT2D eigenvalue weighted by Gasteiger charge is -2.28. The zero-order chi connectivity index (χ0) is 13.2. The largest absolute Gasteiger partial charge is 0.325 e. The van der Waals surface area contributed by atoms with Gasteiger partial charge in [-0.05, 0) is 17.5 Å². The summed E-state index contributed by atoms with van der Waals surface area (Å²) in [6.45, 7) is 2.38. The quantitative estimate of drug-likeness (QED) is 0.828. The van der Waals surface area contributed by atoms with E-state index in [1.54, 1.807) is 0 Å². The highest BCUT2D eigenvalue weighted by Gasteiger charge is 2.16. The van der Waals surface area contributed by atoms with Crippen molar-refractivity contribution in [2.45, 2.75) is 19.5 Å². The number of fused-ring (bicyclic) bond motifs is 1. The van der Waals surface area contributed by atoms with Crippen LogP contribution < -0.4 is 11.2 Å². The Kier molecular flexibility index (Phi) is 3.05. The summed E-state index contributed by atoms with van der Waals surface area (Å²) in [5, 5.41) is 0. The van der Waals surface area contributed by atoms with E-state index in [1.807, 2.05) is 6.07 Å². The van der Waals surface area contributed by atoms with E-state index in [-0.39, 0.29) is 5.56 Å². The van der Waals surface area contributed by atoms with E-state index in [2.05, 4.69) is 33.1 Å². The Morgan fingerprint density at radius 1 is 1.11 bits per heavy atom. The predicted molar refractivity (Wildman–Crippen MR) is 71.9 cm³/mol. The maximum atomic E-state index is 11.3. The first-order chi connectivity index (χ1) is 9.20. The van der Waals surface area contributed by atoms with Gasteiger partial charge in [0.2, 0.25) is 0 Å². The second-order valence-electron chi connectivity index (χ2n) is 4.84. The van der Waals surface area contributed by atoms with E-state index >= 15 is 0 Å². The van der Waals surface area contributed by atoms with Crippen molar-refractivity contribution in [3.05, 3.63) is 68.0 Å². The molecule has 0 radical (unpaired) electrons. The zero-order valence-corrected chi connectivity index (χ0v) is 10.5. The highest BCUT2D eigenvalue weighted by Crippen LogP contribution is 2.19. The second kappa shape index (κ2) is 4.85. The molecule has 0 spiro atoms. The van der Waals surface area contributed by atoms with Gasteiger partial charge in [-0.3, -0.25) is 14.7 Å². The fourth-order valence-electron chi connectivity index (χ4n) is 2.53. The number of benzene rings is 1. The number of aromatic amines is 2. The molecule has 0 atom stereocenters. The van der Waals surface area contributed by atoms with Crippen LogP contribution in [0.5, 0.6) is 0 Å². The fourth-order valence-corrected chi connectivity index (χ4v) is 2.53. The minimum absolute atomic E-state index is 0.351. The van der Waals surface area contributed by atoms with Crippen molar-refractivity contribution in [1.82, 2.24) is 14.9 Å². The smallest absolute Gasteiger partial charge is 0.310 e. The minimum atomic E-state index is -0.445. The molecule has 0 amide bonds. The Balaban J connectivity index is 1.79. The van der Waals surface area contributed by atoms with E-state index in [0.29, 0.717) is 12.2 Å². The predicted octanol–water partition coefficient (Wildman–Crippen LogP) is 0.622. The average Bonchev–Trinajstić information content (AvgIpc) is 2.37. The first kappa shape index (κ1) is 11.9. The molecule has 0 bridgehead atoms. The SMILES string of the molecule is O=c1cc(CN2CCc3ccccc3C2)[nH]c(=O)[nH]1. The van der Waals surface area contributed by atoms with Gasteiger partial charge in [-0.15, -0.1) is 0 Å². The summed E-state index contributed by atoms with van der Waals surface area (Å²) in [5.41, 5.74) is 2.57. The first-order valence-electron chi connectivity index (χ1n) is 6.32. The van der Waals surface area contributed by atoms with Crippen LogP contribution >= 0.6 is 0 Å². The maximum Gasteiger partial charge on any atom is 0.325 e. The van der Waals surface area contributed by atoms with Crippen molar-refractivity contribution < 1.29 is 0 Å². The molecule has 0 fully saturated rings. The molecule has 98 valence electrons. The second-order valence-corrected chi connectivity index (χ2v) is 4.84. The highest BCUT2D eigenvalue weighted by molar-refractivity contribution is 5.29. The van der Waals surface area contributed by atoms with Crippen molar-refractivity contribution >= 4 is 0 Å². The highest BCUT2D eigenvalue weighted by atomic mass is 16.2. The van der Waals surface area contributed by atoms with Crippen LogP contribution in [0.4, 0.5) is 0 Å². The molecule has 2 N–H and O–H groups in total. The van der Waals surface area contributed by atoms with Crippen LogP contribution in [0, 0.1) is 0 Å². The molecule has 5 nitrogen and oxygen atoms in total. The molecule has 0 saturated heterocycles. The summed E-state index contributed by atoms with van der Waals surface area (Å²) in [6.07, 6.45) is 1.00. The van der Waals surface area contributed by atoms with Crippen molar-refractivity contribution in [3.63, 3.8) is 0 Å². The molecule has 1 aromatic carbocycles. The lowest BCUT2D eigenvalue weighted by Crippen LogP contribution is -2.32. The van der Waals surface area contributed by atoms with Crippen LogP contribution in [0.3, 0.4) is 0 Å². The Morgan fingerprint density at radius 3 is 2.68 bits per heavy atom. The Hall–Kier alpha value is -2.14. The lowest BCUT2D eigenvalue weighted by molar-refractivity contribution is 0.242. The summed E-state index contributed by atoms with van der Waals surface area (Å²) in [4.78, 5) is 29.6. The van der Waals surface area contributed by atoms with Crippen LogP contribution in [-0.2, 0) is 19.5 Å².